The molecule has 0 amide bonds. The highest BCUT2D eigenvalue weighted by atomic mass is 16.3. The molecule has 0 atom stereocenters. The Morgan fingerprint density at radius 1 is 1.31 bits per heavy atom. The maximum atomic E-state index is 8.98. The van der Waals surface area contributed by atoms with E-state index in [9.17, 15) is 0 Å². The third kappa shape index (κ3) is 5.24. The van der Waals surface area contributed by atoms with Crippen LogP contribution in [0.15, 0.2) is 24.5 Å². The van der Waals surface area contributed by atoms with Gasteiger partial charge in [-0.3, -0.25) is 4.98 Å². The molecule has 0 saturated carbocycles. The summed E-state index contributed by atoms with van der Waals surface area (Å²) in [5.74, 6) is 0. The molecule has 1 aromatic heterocycles. The first kappa shape index (κ1) is 13.1. The van der Waals surface area contributed by atoms with Crippen LogP contribution in [-0.4, -0.2) is 41.2 Å². The highest BCUT2D eigenvalue weighted by Crippen LogP contribution is 2.01. The summed E-state index contributed by atoms with van der Waals surface area (Å²) in [6.07, 6.45) is 7.13. The summed E-state index contributed by atoms with van der Waals surface area (Å²) in [4.78, 5) is 6.42. The number of aliphatic hydroxyl groups is 1. The number of aliphatic hydroxyl groups excluding tert-OH is 1. The second-order valence-corrected chi connectivity index (χ2v) is 4.03. The van der Waals surface area contributed by atoms with Crippen molar-refractivity contribution in [2.75, 3.05) is 26.2 Å². The van der Waals surface area contributed by atoms with Crippen molar-refractivity contribution in [3.05, 3.63) is 30.1 Å². The Balaban J connectivity index is 2.31. The van der Waals surface area contributed by atoms with E-state index in [0.29, 0.717) is 0 Å². The molecule has 0 aliphatic carbocycles. The first-order valence-corrected chi connectivity index (χ1v) is 6.09. The van der Waals surface area contributed by atoms with Crippen molar-refractivity contribution in [2.45, 2.75) is 26.2 Å². The zero-order chi connectivity index (χ0) is 11.6. The highest BCUT2D eigenvalue weighted by molar-refractivity contribution is 5.08. The van der Waals surface area contributed by atoms with Crippen LogP contribution in [0.3, 0.4) is 0 Å². The maximum Gasteiger partial charge on any atom is 0.0558 e. The van der Waals surface area contributed by atoms with Gasteiger partial charge in [0.25, 0.3) is 0 Å². The number of rotatable bonds is 8. The average molecular weight is 222 g/mol. The fraction of sp³-hybridized carbons (Fsp3) is 0.615. The van der Waals surface area contributed by atoms with Gasteiger partial charge >= 0.3 is 0 Å². The van der Waals surface area contributed by atoms with Crippen LogP contribution < -0.4 is 0 Å². The molecule has 16 heavy (non-hydrogen) atoms. The van der Waals surface area contributed by atoms with Crippen LogP contribution in [0.4, 0.5) is 0 Å². The summed E-state index contributed by atoms with van der Waals surface area (Å²) in [6, 6.07) is 4.07. The lowest BCUT2D eigenvalue weighted by Gasteiger charge is -2.20. The van der Waals surface area contributed by atoms with Crippen LogP contribution in [0.5, 0.6) is 0 Å². The number of unbranched alkanes of at least 4 members (excludes halogenated alkanes) is 1. The number of hydrogen-bond acceptors (Lipinski definition) is 3. The van der Waals surface area contributed by atoms with Gasteiger partial charge in [0.2, 0.25) is 0 Å². The summed E-state index contributed by atoms with van der Waals surface area (Å²) in [5, 5.41) is 8.98. The molecule has 90 valence electrons. The van der Waals surface area contributed by atoms with Crippen LogP contribution in [-0.2, 0) is 6.42 Å². The topological polar surface area (TPSA) is 36.4 Å². The molecule has 0 unspecified atom stereocenters. The molecular weight excluding hydrogens is 200 g/mol. The summed E-state index contributed by atoms with van der Waals surface area (Å²) < 4.78 is 0. The maximum absolute atomic E-state index is 8.98. The molecule has 0 radical (unpaired) electrons. The molecule has 1 N–H and O–H groups in total. The zero-order valence-electron chi connectivity index (χ0n) is 10.1. The van der Waals surface area contributed by atoms with E-state index in [-0.39, 0.29) is 6.61 Å². The van der Waals surface area contributed by atoms with Gasteiger partial charge in [-0.15, -0.1) is 0 Å². The van der Waals surface area contributed by atoms with E-state index in [1.165, 1.54) is 18.4 Å². The third-order valence-corrected chi connectivity index (χ3v) is 2.68. The number of aromatic nitrogens is 1. The quantitative estimate of drug-likeness (QED) is 0.727. The van der Waals surface area contributed by atoms with Crippen LogP contribution in [0, 0.1) is 0 Å². The first-order chi connectivity index (χ1) is 7.86. The molecule has 1 rings (SSSR count). The Labute approximate surface area is 98.1 Å². The molecule has 0 bridgehead atoms. The van der Waals surface area contributed by atoms with Crippen molar-refractivity contribution >= 4 is 0 Å². The number of nitrogens with zero attached hydrogens (tertiary/aromatic N) is 2. The molecule has 0 spiro atoms. The predicted molar refractivity (Wildman–Crippen MR) is 66.4 cm³/mol. The van der Waals surface area contributed by atoms with E-state index < -0.39 is 0 Å². The van der Waals surface area contributed by atoms with Crippen molar-refractivity contribution in [3.8, 4) is 0 Å². The second-order valence-electron chi connectivity index (χ2n) is 4.03. The molecule has 3 heteroatoms. The normalized spacial score (nSPS) is 10.9. The van der Waals surface area contributed by atoms with Gasteiger partial charge in [-0.25, -0.2) is 0 Å². The minimum atomic E-state index is 0.247. The van der Waals surface area contributed by atoms with Crippen molar-refractivity contribution in [3.63, 3.8) is 0 Å². The van der Waals surface area contributed by atoms with Gasteiger partial charge in [0.1, 0.15) is 0 Å². The van der Waals surface area contributed by atoms with Gasteiger partial charge in [0, 0.05) is 25.5 Å². The number of hydrogen-bond donors (Lipinski definition) is 1. The smallest absolute Gasteiger partial charge is 0.0558 e. The van der Waals surface area contributed by atoms with Crippen molar-refractivity contribution in [1.82, 2.24) is 9.88 Å². The first-order valence-electron chi connectivity index (χ1n) is 6.09. The fourth-order valence-electron chi connectivity index (χ4n) is 1.69. The monoisotopic (exact) mass is 222 g/mol. The summed E-state index contributed by atoms with van der Waals surface area (Å²) in [7, 11) is 0. The van der Waals surface area contributed by atoms with Crippen molar-refractivity contribution in [1.29, 1.82) is 0 Å². The van der Waals surface area contributed by atoms with E-state index >= 15 is 0 Å². The highest BCUT2D eigenvalue weighted by Gasteiger charge is 2.03. The molecule has 0 fully saturated rings. The molecule has 3 nitrogen and oxygen atoms in total. The van der Waals surface area contributed by atoms with Crippen LogP contribution >= 0.6 is 0 Å². The second kappa shape index (κ2) is 8.25. The van der Waals surface area contributed by atoms with Gasteiger partial charge < -0.3 is 10.0 Å². The lowest BCUT2D eigenvalue weighted by Crippen LogP contribution is -2.30. The molecule has 1 aromatic rings. The minimum absolute atomic E-state index is 0.247. The van der Waals surface area contributed by atoms with E-state index in [2.05, 4.69) is 22.9 Å². The van der Waals surface area contributed by atoms with E-state index in [1.54, 1.807) is 6.20 Å². The van der Waals surface area contributed by atoms with E-state index in [4.69, 9.17) is 5.11 Å². The van der Waals surface area contributed by atoms with Crippen molar-refractivity contribution < 1.29 is 5.11 Å². The SMILES string of the molecule is CCCCN(CCO)CCc1cccnc1. The molecule has 0 saturated heterocycles. The Bertz CT molecular complexity index is 264. The van der Waals surface area contributed by atoms with Gasteiger partial charge in [-0.1, -0.05) is 19.4 Å². The van der Waals surface area contributed by atoms with Crippen LogP contribution in [0.1, 0.15) is 25.3 Å². The number of pyridine rings is 1. The Morgan fingerprint density at radius 2 is 2.19 bits per heavy atom. The van der Waals surface area contributed by atoms with E-state index in [0.717, 1.165) is 26.1 Å². The Morgan fingerprint density at radius 3 is 2.81 bits per heavy atom. The van der Waals surface area contributed by atoms with Gasteiger partial charge in [-0.05, 0) is 31.0 Å². The van der Waals surface area contributed by atoms with Crippen LogP contribution in [0.25, 0.3) is 0 Å². The summed E-state index contributed by atoms with van der Waals surface area (Å²) in [5.41, 5.74) is 1.27. The lowest BCUT2D eigenvalue weighted by atomic mass is 10.2. The van der Waals surface area contributed by atoms with Crippen LogP contribution in [0.2, 0.25) is 0 Å². The van der Waals surface area contributed by atoms with E-state index in [1.807, 2.05) is 12.3 Å². The summed E-state index contributed by atoms with van der Waals surface area (Å²) in [6.45, 7) is 5.30. The minimum Gasteiger partial charge on any atom is -0.395 e. The molecule has 0 aliphatic heterocycles. The fourth-order valence-corrected chi connectivity index (χ4v) is 1.69. The van der Waals surface area contributed by atoms with Gasteiger partial charge in [-0.2, -0.15) is 0 Å². The van der Waals surface area contributed by atoms with Gasteiger partial charge in [0.05, 0.1) is 6.61 Å². The standard InChI is InChI=1S/C13H22N2O/c1-2-3-8-15(10-11-16)9-6-13-5-4-7-14-12-13/h4-5,7,12,16H,2-3,6,8-11H2,1H3. The molecular formula is C13H22N2O. The molecule has 0 aliphatic rings. The largest absolute Gasteiger partial charge is 0.395 e. The molecule has 0 aromatic carbocycles. The predicted octanol–water partition coefficient (Wildman–Crippen LogP) is 1.72. The summed E-state index contributed by atoms with van der Waals surface area (Å²) >= 11 is 0. The average Bonchev–Trinajstić information content (AvgIpc) is 2.34. The zero-order valence-corrected chi connectivity index (χ0v) is 10.1. The van der Waals surface area contributed by atoms with Crippen molar-refractivity contribution in [2.24, 2.45) is 0 Å². The lowest BCUT2D eigenvalue weighted by molar-refractivity contribution is 0.195. The third-order valence-electron chi connectivity index (χ3n) is 2.68. The van der Waals surface area contributed by atoms with Gasteiger partial charge in [0.15, 0.2) is 0 Å². The molecule has 1 heterocycles. The Hall–Kier alpha value is -0.930. The Kier molecular flexibility index (Phi) is 6.77.